The third-order valence-corrected chi connectivity index (χ3v) is 11.4. The van der Waals surface area contributed by atoms with Crippen LogP contribution in [0.15, 0.2) is 5.18 Å². The average Bonchev–Trinajstić information content (AvgIpc) is 3.09. The van der Waals surface area contributed by atoms with E-state index >= 15 is 0 Å². The first-order valence-corrected chi connectivity index (χ1v) is 13.9. The van der Waals surface area contributed by atoms with Crippen LogP contribution in [0.25, 0.3) is 0 Å². The van der Waals surface area contributed by atoms with E-state index in [-0.39, 0.29) is 29.3 Å². The second-order valence-corrected chi connectivity index (χ2v) is 13.0. The van der Waals surface area contributed by atoms with Gasteiger partial charge in [0.15, 0.2) is 0 Å². The fraction of sp³-hybridized carbons (Fsp3) is 0.920. The Morgan fingerprint density at radius 1 is 1.09 bits per heavy atom. The van der Waals surface area contributed by atoms with E-state index in [2.05, 4.69) is 19.0 Å². The number of nitrogens with one attached hydrogen (secondary N) is 1. The molecular formula is C25H37F3N2O3S. The molecular weight excluding hydrogens is 465 g/mol. The van der Waals surface area contributed by atoms with E-state index in [1.807, 2.05) is 17.1 Å². The highest BCUT2D eigenvalue weighted by Gasteiger charge is 2.62. The van der Waals surface area contributed by atoms with Crippen molar-refractivity contribution in [1.29, 1.82) is 0 Å². The number of ketones is 1. The van der Waals surface area contributed by atoms with Crippen LogP contribution in [-0.2, 0) is 9.59 Å². The molecule has 0 aromatic carbocycles. The van der Waals surface area contributed by atoms with Crippen molar-refractivity contribution >= 4 is 23.5 Å². The highest BCUT2D eigenvalue weighted by Crippen LogP contribution is 2.66. The molecule has 9 heteroatoms. The molecule has 1 amide bonds. The van der Waals surface area contributed by atoms with Gasteiger partial charge in [-0.3, -0.25) is 9.59 Å². The first-order chi connectivity index (χ1) is 16.0. The first kappa shape index (κ1) is 26.0. The molecule has 8 atom stereocenters. The van der Waals surface area contributed by atoms with Gasteiger partial charge < -0.3 is 5.32 Å². The molecule has 4 rings (SSSR count). The molecule has 4 saturated carbocycles. The van der Waals surface area contributed by atoms with Gasteiger partial charge in [0.1, 0.15) is 5.78 Å². The molecule has 34 heavy (non-hydrogen) atoms. The number of alkyl halides is 3. The van der Waals surface area contributed by atoms with E-state index < -0.39 is 12.1 Å². The SMILES string of the molecule is C[C@]12CC[C@H](SCCCCNC(=O)C(F)(F)F)CC1C(N=O)C[C@@H]1[C@@H]2CC[C@]2(C)C(=O)CC[C@@H]12. The normalized spacial score (nSPS) is 41.9. The monoisotopic (exact) mass is 502 g/mol. The number of halogens is 3. The fourth-order valence-corrected chi connectivity index (χ4v) is 9.41. The van der Waals surface area contributed by atoms with Crippen LogP contribution in [0.1, 0.15) is 78.1 Å². The predicted octanol–water partition coefficient (Wildman–Crippen LogP) is 5.90. The molecule has 0 aliphatic heterocycles. The Kier molecular flexibility index (Phi) is 7.43. The summed E-state index contributed by atoms with van der Waals surface area (Å²) in [6.07, 6.45) is 4.07. The minimum absolute atomic E-state index is 0.0348. The van der Waals surface area contributed by atoms with E-state index in [9.17, 15) is 27.7 Å². The number of amides is 1. The van der Waals surface area contributed by atoms with Crippen molar-refractivity contribution in [2.24, 2.45) is 39.7 Å². The average molecular weight is 503 g/mol. The zero-order valence-corrected chi connectivity index (χ0v) is 21.0. The lowest BCUT2D eigenvalue weighted by atomic mass is 9.44. The number of Topliss-reactive ketones (excluding diaryl/α,β-unsaturated/α-hetero) is 1. The summed E-state index contributed by atoms with van der Waals surface area (Å²) in [5, 5.41) is 6.00. The lowest BCUT2D eigenvalue weighted by Crippen LogP contribution is -2.57. The van der Waals surface area contributed by atoms with Gasteiger partial charge in [-0.05, 0) is 92.6 Å². The largest absolute Gasteiger partial charge is 0.471 e. The third kappa shape index (κ3) is 4.66. The van der Waals surface area contributed by atoms with E-state index in [0.717, 1.165) is 57.1 Å². The van der Waals surface area contributed by atoms with Crippen molar-refractivity contribution < 1.29 is 22.8 Å². The fourth-order valence-electron chi connectivity index (χ4n) is 8.08. The molecule has 0 bridgehead atoms. The van der Waals surface area contributed by atoms with Crippen LogP contribution in [0.2, 0.25) is 0 Å². The van der Waals surface area contributed by atoms with E-state index in [0.29, 0.717) is 41.6 Å². The molecule has 1 N–H and O–H groups in total. The van der Waals surface area contributed by atoms with Crippen LogP contribution in [0.4, 0.5) is 13.2 Å². The van der Waals surface area contributed by atoms with Crippen LogP contribution < -0.4 is 5.32 Å². The second-order valence-electron chi connectivity index (χ2n) is 11.5. The van der Waals surface area contributed by atoms with Crippen molar-refractivity contribution in [3.63, 3.8) is 0 Å². The topological polar surface area (TPSA) is 75.6 Å². The quantitative estimate of drug-likeness (QED) is 0.347. The first-order valence-electron chi connectivity index (χ1n) is 12.8. The number of nitroso groups, excluding NO2 is 1. The standard InChI is InChI=1S/C25H37F3N2O3S/c1-23-9-7-15(34-12-4-3-11-29-22(32)25(26,27)28)13-19(23)20(30-33)14-16-17-5-6-21(31)24(17,2)10-8-18(16)23/h15-20H,3-14H2,1-2H3,(H,29,32)/t15-,16-,17-,18-,19?,20?,23+,24-/m0/s1. The summed E-state index contributed by atoms with van der Waals surface area (Å²) in [6, 6.07) is -0.190. The Bertz CT molecular complexity index is 809. The lowest BCUT2D eigenvalue weighted by molar-refractivity contribution is -0.173. The van der Waals surface area contributed by atoms with Crippen LogP contribution in [-0.4, -0.2) is 41.5 Å². The zero-order valence-electron chi connectivity index (χ0n) is 20.2. The number of rotatable bonds is 7. The molecule has 4 aliphatic carbocycles. The molecule has 2 unspecified atom stereocenters. The summed E-state index contributed by atoms with van der Waals surface area (Å²) >= 11 is 1.85. The Balaban J connectivity index is 1.31. The van der Waals surface area contributed by atoms with Crippen LogP contribution in [0.5, 0.6) is 0 Å². The number of carbonyl (C=O) groups is 2. The Morgan fingerprint density at radius 3 is 2.56 bits per heavy atom. The van der Waals surface area contributed by atoms with Crippen molar-refractivity contribution in [2.75, 3.05) is 12.3 Å². The zero-order chi connectivity index (χ0) is 24.7. The maximum atomic E-state index is 12.6. The number of carbonyl (C=O) groups excluding carboxylic acids is 2. The van der Waals surface area contributed by atoms with E-state index in [1.165, 1.54) is 0 Å². The molecule has 0 spiro atoms. The summed E-state index contributed by atoms with van der Waals surface area (Å²) in [7, 11) is 0. The van der Waals surface area contributed by atoms with Gasteiger partial charge in [0.25, 0.3) is 0 Å². The van der Waals surface area contributed by atoms with E-state index in [4.69, 9.17) is 0 Å². The van der Waals surface area contributed by atoms with Crippen molar-refractivity contribution in [2.45, 2.75) is 95.5 Å². The van der Waals surface area contributed by atoms with E-state index in [1.54, 1.807) is 0 Å². The summed E-state index contributed by atoms with van der Waals surface area (Å²) in [4.78, 5) is 35.5. The Labute approximate surface area is 204 Å². The second kappa shape index (κ2) is 9.74. The van der Waals surface area contributed by atoms with Gasteiger partial charge in [0, 0.05) is 23.6 Å². The molecule has 0 aromatic rings. The molecule has 192 valence electrons. The number of nitrogens with zero attached hydrogens (tertiary/aromatic N) is 1. The molecule has 4 aliphatic rings. The summed E-state index contributed by atoms with van der Waals surface area (Å²) in [6.45, 7) is 4.56. The van der Waals surface area contributed by atoms with Crippen LogP contribution in [0, 0.1) is 39.4 Å². The smallest absolute Gasteiger partial charge is 0.348 e. The molecule has 4 fully saturated rings. The van der Waals surface area contributed by atoms with Gasteiger partial charge in [-0.2, -0.15) is 29.8 Å². The minimum Gasteiger partial charge on any atom is -0.348 e. The van der Waals surface area contributed by atoms with Crippen LogP contribution >= 0.6 is 11.8 Å². The van der Waals surface area contributed by atoms with Crippen molar-refractivity contribution in [3.8, 4) is 0 Å². The maximum Gasteiger partial charge on any atom is 0.471 e. The molecule has 0 radical (unpaired) electrons. The number of hydrogen-bond donors (Lipinski definition) is 1. The predicted molar refractivity (Wildman–Crippen MR) is 126 cm³/mol. The third-order valence-electron chi connectivity index (χ3n) is 9.94. The number of thioether (sulfide) groups is 1. The van der Waals surface area contributed by atoms with Crippen molar-refractivity contribution in [1.82, 2.24) is 5.32 Å². The summed E-state index contributed by atoms with van der Waals surface area (Å²) < 4.78 is 36.7. The maximum absolute atomic E-state index is 12.6. The lowest BCUT2D eigenvalue weighted by Gasteiger charge is -2.61. The van der Waals surface area contributed by atoms with Crippen LogP contribution in [0.3, 0.4) is 0 Å². The van der Waals surface area contributed by atoms with Gasteiger partial charge in [-0.1, -0.05) is 19.0 Å². The summed E-state index contributed by atoms with van der Waals surface area (Å²) in [5.41, 5.74) is -0.113. The van der Waals surface area contributed by atoms with Gasteiger partial charge in [-0.25, -0.2) is 0 Å². The van der Waals surface area contributed by atoms with Crippen molar-refractivity contribution in [3.05, 3.63) is 4.91 Å². The molecule has 0 saturated heterocycles. The molecule has 5 nitrogen and oxygen atoms in total. The minimum atomic E-state index is -4.82. The van der Waals surface area contributed by atoms with Gasteiger partial charge in [0.05, 0.1) is 6.04 Å². The number of fused-ring (bicyclic) bond motifs is 5. The highest BCUT2D eigenvalue weighted by atomic mass is 32.2. The summed E-state index contributed by atoms with van der Waals surface area (Å²) in [5.74, 6) is 1.02. The molecule has 0 aromatic heterocycles. The Hall–Kier alpha value is -1.12. The molecule has 0 heterocycles. The van der Waals surface area contributed by atoms with Gasteiger partial charge >= 0.3 is 12.1 Å². The van der Waals surface area contributed by atoms with Gasteiger partial charge in [0.2, 0.25) is 0 Å². The highest BCUT2D eigenvalue weighted by molar-refractivity contribution is 7.99. The van der Waals surface area contributed by atoms with Gasteiger partial charge in [-0.15, -0.1) is 0 Å². The number of unbranched alkanes of at least 4 members (excludes halogenated alkanes) is 1. The Morgan fingerprint density at radius 2 is 1.85 bits per heavy atom. The number of hydrogen-bond acceptors (Lipinski definition) is 5.